The van der Waals surface area contributed by atoms with Gasteiger partial charge in [0, 0.05) is 16.3 Å². The average molecular weight is 462 g/mol. The van der Waals surface area contributed by atoms with Gasteiger partial charge < -0.3 is 0 Å². The van der Waals surface area contributed by atoms with Crippen LogP contribution in [0.4, 0.5) is 10.1 Å². The lowest BCUT2D eigenvalue weighted by molar-refractivity contribution is -0.121. The molecule has 3 aromatic rings. The van der Waals surface area contributed by atoms with Crippen molar-refractivity contribution in [1.29, 1.82) is 0 Å². The van der Waals surface area contributed by atoms with Gasteiger partial charge in [0.25, 0.3) is 15.9 Å². The lowest BCUT2D eigenvalue weighted by Gasteiger charge is -2.10. The molecule has 0 bridgehead atoms. The molecule has 0 aliphatic heterocycles. The average Bonchev–Trinajstić information content (AvgIpc) is 2.75. The lowest BCUT2D eigenvalue weighted by Crippen LogP contribution is -2.42. The maximum atomic E-state index is 13.0. The van der Waals surface area contributed by atoms with Crippen molar-refractivity contribution in [3.8, 4) is 0 Å². The highest BCUT2D eigenvalue weighted by Crippen LogP contribution is 2.17. The van der Waals surface area contributed by atoms with Gasteiger partial charge in [0.1, 0.15) is 5.82 Å². The summed E-state index contributed by atoms with van der Waals surface area (Å²) in [5.74, 6) is -1.65. The molecule has 2 amide bonds. The van der Waals surface area contributed by atoms with Crippen molar-refractivity contribution in [2.45, 2.75) is 11.3 Å². The number of hydrazine groups is 1. The number of rotatable bonds is 6. The predicted molar refractivity (Wildman–Crippen MR) is 114 cm³/mol. The number of carbonyl (C=O) groups is 2. The Morgan fingerprint density at radius 2 is 1.58 bits per heavy atom. The van der Waals surface area contributed by atoms with Crippen molar-refractivity contribution in [3.05, 3.63) is 94.8 Å². The number of carbonyl (C=O) groups excluding carboxylic acids is 2. The summed E-state index contributed by atoms with van der Waals surface area (Å²) in [5, 5.41) is 0.543. The second-order valence-electron chi connectivity index (χ2n) is 6.45. The molecule has 0 saturated carbocycles. The molecule has 3 N–H and O–H groups in total. The molecule has 0 heterocycles. The summed E-state index contributed by atoms with van der Waals surface area (Å²) in [4.78, 5) is 24.1. The fraction of sp³-hybridized carbons (Fsp3) is 0.0476. The van der Waals surface area contributed by atoms with Crippen LogP contribution in [-0.2, 0) is 21.2 Å². The quantitative estimate of drug-likeness (QED) is 0.490. The standard InChI is InChI=1S/C21H17ClFN3O4S/c22-16-6-4-14(5-7-16)12-20(27)24-25-21(28)15-2-1-3-19(13-15)31(29,30)26-18-10-8-17(23)9-11-18/h1-11,13,26H,12H2,(H,24,27)(H,25,28). The number of hydrogen-bond donors (Lipinski definition) is 3. The number of hydrogen-bond acceptors (Lipinski definition) is 4. The van der Waals surface area contributed by atoms with Gasteiger partial charge in [-0.1, -0.05) is 29.8 Å². The summed E-state index contributed by atoms with van der Waals surface area (Å²) in [7, 11) is -4.01. The zero-order valence-electron chi connectivity index (χ0n) is 15.9. The van der Waals surface area contributed by atoms with E-state index in [0.29, 0.717) is 10.6 Å². The fourth-order valence-electron chi connectivity index (χ4n) is 2.57. The van der Waals surface area contributed by atoms with Crippen molar-refractivity contribution in [1.82, 2.24) is 10.9 Å². The predicted octanol–water partition coefficient (Wildman–Crippen LogP) is 3.28. The largest absolute Gasteiger partial charge is 0.280 e. The van der Waals surface area contributed by atoms with E-state index in [1.165, 1.54) is 30.3 Å². The molecule has 0 spiro atoms. The Hall–Kier alpha value is -3.43. The van der Waals surface area contributed by atoms with E-state index < -0.39 is 27.7 Å². The first-order chi connectivity index (χ1) is 14.7. The fourth-order valence-corrected chi connectivity index (χ4v) is 3.80. The van der Waals surface area contributed by atoms with E-state index in [1.54, 1.807) is 24.3 Å². The normalized spacial score (nSPS) is 10.9. The zero-order chi connectivity index (χ0) is 22.4. The summed E-state index contributed by atoms with van der Waals surface area (Å²) in [6.45, 7) is 0. The van der Waals surface area contributed by atoms with Crippen molar-refractivity contribution < 1.29 is 22.4 Å². The highest BCUT2D eigenvalue weighted by atomic mass is 35.5. The van der Waals surface area contributed by atoms with Crippen LogP contribution >= 0.6 is 11.6 Å². The molecule has 3 rings (SSSR count). The Morgan fingerprint density at radius 1 is 0.903 bits per heavy atom. The molecule has 160 valence electrons. The van der Waals surface area contributed by atoms with Gasteiger partial charge in [-0.3, -0.25) is 25.2 Å². The third kappa shape index (κ3) is 6.27. The minimum atomic E-state index is -4.01. The highest BCUT2D eigenvalue weighted by molar-refractivity contribution is 7.92. The Kier molecular flexibility index (Phi) is 6.88. The Morgan fingerprint density at radius 3 is 2.26 bits per heavy atom. The SMILES string of the molecule is O=C(Cc1ccc(Cl)cc1)NNC(=O)c1cccc(S(=O)(=O)Nc2ccc(F)cc2)c1. The Bertz CT molecular complexity index is 1200. The molecule has 0 aromatic heterocycles. The molecule has 0 aliphatic rings. The second kappa shape index (κ2) is 9.59. The van der Waals surface area contributed by atoms with Crippen molar-refractivity contribution in [3.63, 3.8) is 0 Å². The first kappa shape index (κ1) is 22.3. The third-order valence-electron chi connectivity index (χ3n) is 4.10. The number of anilines is 1. The molecular weight excluding hydrogens is 445 g/mol. The van der Waals surface area contributed by atoms with Crippen LogP contribution in [0, 0.1) is 5.82 Å². The van der Waals surface area contributed by atoms with Crippen LogP contribution in [-0.4, -0.2) is 20.2 Å². The maximum Gasteiger partial charge on any atom is 0.269 e. The number of nitrogens with one attached hydrogen (secondary N) is 3. The van der Waals surface area contributed by atoms with E-state index in [9.17, 15) is 22.4 Å². The summed E-state index contributed by atoms with van der Waals surface area (Å²) < 4.78 is 40.4. The molecule has 0 fully saturated rings. The van der Waals surface area contributed by atoms with E-state index in [1.807, 2.05) is 0 Å². The number of benzene rings is 3. The van der Waals surface area contributed by atoms with Gasteiger partial charge >= 0.3 is 0 Å². The van der Waals surface area contributed by atoms with Gasteiger partial charge in [-0.05, 0) is 60.2 Å². The lowest BCUT2D eigenvalue weighted by atomic mass is 10.1. The molecule has 31 heavy (non-hydrogen) atoms. The van der Waals surface area contributed by atoms with E-state index >= 15 is 0 Å². The van der Waals surface area contributed by atoms with Crippen molar-refractivity contribution >= 4 is 39.1 Å². The summed E-state index contributed by atoms with van der Waals surface area (Å²) >= 11 is 5.80. The van der Waals surface area contributed by atoms with E-state index in [-0.39, 0.29) is 22.6 Å². The molecule has 0 unspecified atom stereocenters. The van der Waals surface area contributed by atoms with Gasteiger partial charge in [-0.25, -0.2) is 12.8 Å². The minimum Gasteiger partial charge on any atom is -0.280 e. The van der Waals surface area contributed by atoms with E-state index in [0.717, 1.165) is 18.2 Å². The summed E-state index contributed by atoms with van der Waals surface area (Å²) in [6, 6.07) is 16.7. The second-order valence-corrected chi connectivity index (χ2v) is 8.56. The minimum absolute atomic E-state index is 0.0213. The molecule has 0 atom stereocenters. The first-order valence-electron chi connectivity index (χ1n) is 8.95. The van der Waals surface area contributed by atoms with Crippen LogP contribution in [0.5, 0.6) is 0 Å². The Balaban J connectivity index is 1.63. The molecule has 3 aromatic carbocycles. The number of sulfonamides is 1. The van der Waals surface area contributed by atoms with Crippen molar-refractivity contribution in [2.24, 2.45) is 0 Å². The van der Waals surface area contributed by atoms with Crippen LogP contribution in [0.15, 0.2) is 77.7 Å². The smallest absolute Gasteiger partial charge is 0.269 e. The summed E-state index contributed by atoms with van der Waals surface area (Å²) in [5.41, 5.74) is 5.42. The molecule has 10 heteroatoms. The van der Waals surface area contributed by atoms with E-state index in [2.05, 4.69) is 15.6 Å². The van der Waals surface area contributed by atoms with Gasteiger partial charge in [0.15, 0.2) is 0 Å². The van der Waals surface area contributed by atoms with Crippen LogP contribution in [0.3, 0.4) is 0 Å². The number of halogens is 2. The maximum absolute atomic E-state index is 13.0. The van der Waals surface area contributed by atoms with Gasteiger partial charge in [0.05, 0.1) is 11.3 Å². The van der Waals surface area contributed by atoms with Crippen LogP contribution in [0.1, 0.15) is 15.9 Å². The van der Waals surface area contributed by atoms with Gasteiger partial charge in [-0.2, -0.15) is 0 Å². The molecule has 0 aliphatic carbocycles. The molecule has 7 nitrogen and oxygen atoms in total. The van der Waals surface area contributed by atoms with Crippen LogP contribution in [0.25, 0.3) is 0 Å². The highest BCUT2D eigenvalue weighted by Gasteiger charge is 2.17. The van der Waals surface area contributed by atoms with E-state index in [4.69, 9.17) is 11.6 Å². The monoisotopic (exact) mass is 461 g/mol. The molecule has 0 saturated heterocycles. The Labute approximate surface area is 183 Å². The third-order valence-corrected chi connectivity index (χ3v) is 5.73. The zero-order valence-corrected chi connectivity index (χ0v) is 17.5. The van der Waals surface area contributed by atoms with Gasteiger partial charge in [0.2, 0.25) is 5.91 Å². The summed E-state index contributed by atoms with van der Waals surface area (Å²) in [6.07, 6.45) is 0.0213. The topological polar surface area (TPSA) is 104 Å². The molecule has 0 radical (unpaired) electrons. The van der Waals surface area contributed by atoms with Crippen LogP contribution < -0.4 is 15.6 Å². The first-order valence-corrected chi connectivity index (χ1v) is 10.8. The number of amides is 2. The molecular formula is C21H17ClFN3O4S. The van der Waals surface area contributed by atoms with Crippen LogP contribution in [0.2, 0.25) is 5.02 Å². The van der Waals surface area contributed by atoms with Gasteiger partial charge in [-0.15, -0.1) is 0 Å². The van der Waals surface area contributed by atoms with Crippen molar-refractivity contribution in [2.75, 3.05) is 4.72 Å².